The number of hydrogen-bond donors (Lipinski definition) is 0. The third kappa shape index (κ3) is 4.71. The minimum atomic E-state index is 0.797. The molecule has 0 aromatic rings. The van der Waals surface area contributed by atoms with E-state index in [2.05, 4.69) is 11.6 Å². The zero-order valence-electron chi connectivity index (χ0n) is 8.30. The number of hydrogen-bond acceptors (Lipinski definition) is 2. The molecule has 0 aromatic heterocycles. The van der Waals surface area contributed by atoms with Gasteiger partial charge in [-0.25, -0.2) is 0 Å². The van der Waals surface area contributed by atoms with Crippen molar-refractivity contribution in [2.75, 3.05) is 13.2 Å². The smallest absolute Gasteiger partial charge is 0.183 e. The van der Waals surface area contributed by atoms with Crippen molar-refractivity contribution in [3.63, 3.8) is 0 Å². The Morgan fingerprint density at radius 1 is 1.31 bits per heavy atom. The van der Waals surface area contributed by atoms with E-state index >= 15 is 0 Å². The fraction of sp³-hybridized carbons (Fsp3) is 0.727. The summed E-state index contributed by atoms with van der Waals surface area (Å²) >= 11 is 0. The van der Waals surface area contributed by atoms with Gasteiger partial charge >= 0.3 is 0 Å². The van der Waals surface area contributed by atoms with E-state index in [-0.39, 0.29) is 0 Å². The van der Waals surface area contributed by atoms with Crippen molar-refractivity contribution in [2.24, 2.45) is 4.99 Å². The second-order valence-corrected chi connectivity index (χ2v) is 3.37. The molecule has 0 N–H and O–H groups in total. The SMILES string of the molecule is C=CCCCCCCC1=NCCO1. The molecule has 2 heteroatoms. The first-order valence-electron chi connectivity index (χ1n) is 5.20. The lowest BCUT2D eigenvalue weighted by atomic mass is 10.1. The molecule has 0 amide bonds. The fourth-order valence-corrected chi connectivity index (χ4v) is 1.45. The zero-order chi connectivity index (χ0) is 9.36. The lowest BCUT2D eigenvalue weighted by molar-refractivity contribution is 0.336. The van der Waals surface area contributed by atoms with Crippen LogP contribution in [0.25, 0.3) is 0 Å². The number of rotatable bonds is 7. The Morgan fingerprint density at radius 2 is 2.15 bits per heavy atom. The van der Waals surface area contributed by atoms with Gasteiger partial charge in [-0.1, -0.05) is 18.9 Å². The lowest BCUT2D eigenvalue weighted by Crippen LogP contribution is -1.98. The maximum atomic E-state index is 5.31. The van der Waals surface area contributed by atoms with Gasteiger partial charge in [0, 0.05) is 6.42 Å². The summed E-state index contributed by atoms with van der Waals surface area (Å²) in [5.74, 6) is 0.976. The maximum absolute atomic E-state index is 5.31. The van der Waals surface area contributed by atoms with E-state index in [9.17, 15) is 0 Å². The van der Waals surface area contributed by atoms with Crippen LogP contribution in [-0.2, 0) is 4.74 Å². The Kier molecular flexibility index (Phi) is 5.30. The standard InChI is InChI=1S/C11H19NO/c1-2-3-4-5-6-7-8-11-12-9-10-13-11/h2H,1,3-10H2. The highest BCUT2D eigenvalue weighted by atomic mass is 16.5. The zero-order valence-corrected chi connectivity index (χ0v) is 8.30. The van der Waals surface area contributed by atoms with Crippen molar-refractivity contribution in [2.45, 2.75) is 38.5 Å². The van der Waals surface area contributed by atoms with Crippen molar-refractivity contribution in [3.8, 4) is 0 Å². The summed E-state index contributed by atoms with van der Waals surface area (Å²) in [6.45, 7) is 5.37. The molecule has 0 radical (unpaired) electrons. The molecule has 2 nitrogen and oxygen atoms in total. The van der Waals surface area contributed by atoms with Gasteiger partial charge in [0.1, 0.15) is 6.61 Å². The van der Waals surface area contributed by atoms with Crippen molar-refractivity contribution < 1.29 is 4.74 Å². The van der Waals surface area contributed by atoms with Crippen molar-refractivity contribution >= 4 is 5.90 Å². The van der Waals surface area contributed by atoms with E-state index in [0.717, 1.165) is 31.9 Å². The van der Waals surface area contributed by atoms with Gasteiger partial charge in [0.25, 0.3) is 0 Å². The number of aliphatic imine (C=N–C) groups is 1. The van der Waals surface area contributed by atoms with Crippen molar-refractivity contribution in [3.05, 3.63) is 12.7 Å². The molecule has 1 rings (SSSR count). The minimum absolute atomic E-state index is 0.797. The Morgan fingerprint density at radius 3 is 2.85 bits per heavy atom. The topological polar surface area (TPSA) is 21.6 Å². The maximum Gasteiger partial charge on any atom is 0.183 e. The van der Waals surface area contributed by atoms with Crippen molar-refractivity contribution in [1.82, 2.24) is 0 Å². The van der Waals surface area contributed by atoms with E-state index in [1.807, 2.05) is 6.08 Å². The van der Waals surface area contributed by atoms with Gasteiger partial charge in [0.15, 0.2) is 5.90 Å². The van der Waals surface area contributed by atoms with E-state index in [1.165, 1.54) is 25.7 Å². The second-order valence-electron chi connectivity index (χ2n) is 3.37. The van der Waals surface area contributed by atoms with Gasteiger partial charge in [-0.05, 0) is 19.3 Å². The van der Waals surface area contributed by atoms with Crippen LogP contribution in [0.5, 0.6) is 0 Å². The van der Waals surface area contributed by atoms with Gasteiger partial charge in [-0.3, -0.25) is 4.99 Å². The molecular weight excluding hydrogens is 162 g/mol. The highest BCUT2D eigenvalue weighted by Gasteiger charge is 2.05. The third-order valence-corrected chi connectivity index (χ3v) is 2.20. The molecule has 0 aliphatic carbocycles. The molecular formula is C11H19NO. The van der Waals surface area contributed by atoms with Crippen LogP contribution >= 0.6 is 0 Å². The van der Waals surface area contributed by atoms with Crippen LogP contribution in [0, 0.1) is 0 Å². The Labute approximate surface area is 80.7 Å². The molecule has 0 saturated heterocycles. The molecule has 0 atom stereocenters. The summed E-state index contributed by atoms with van der Waals surface area (Å²) < 4.78 is 5.31. The fourth-order valence-electron chi connectivity index (χ4n) is 1.45. The van der Waals surface area contributed by atoms with E-state index < -0.39 is 0 Å². The van der Waals surface area contributed by atoms with Crippen LogP contribution in [0.15, 0.2) is 17.6 Å². The molecule has 0 aromatic carbocycles. The highest BCUT2D eigenvalue weighted by molar-refractivity contribution is 5.77. The lowest BCUT2D eigenvalue weighted by Gasteiger charge is -2.00. The van der Waals surface area contributed by atoms with E-state index in [4.69, 9.17) is 4.74 Å². The van der Waals surface area contributed by atoms with Crippen LogP contribution in [0.2, 0.25) is 0 Å². The predicted octanol–water partition coefficient (Wildman–Crippen LogP) is 2.94. The van der Waals surface area contributed by atoms with Gasteiger partial charge in [-0.15, -0.1) is 6.58 Å². The summed E-state index contributed by atoms with van der Waals surface area (Å²) in [7, 11) is 0. The van der Waals surface area contributed by atoms with Crippen LogP contribution in [0.3, 0.4) is 0 Å². The summed E-state index contributed by atoms with van der Waals surface area (Å²) in [5, 5.41) is 0. The molecule has 0 saturated carbocycles. The van der Waals surface area contributed by atoms with Crippen molar-refractivity contribution in [1.29, 1.82) is 0 Å². The van der Waals surface area contributed by atoms with Gasteiger partial charge in [0.05, 0.1) is 6.54 Å². The van der Waals surface area contributed by atoms with Crippen LogP contribution in [0.4, 0.5) is 0 Å². The monoisotopic (exact) mass is 181 g/mol. The normalized spacial score (nSPS) is 15.2. The Balaban J connectivity index is 1.86. The largest absolute Gasteiger partial charge is 0.479 e. The Hall–Kier alpha value is -0.790. The highest BCUT2D eigenvalue weighted by Crippen LogP contribution is 2.08. The average molecular weight is 181 g/mol. The molecule has 1 aliphatic rings. The minimum Gasteiger partial charge on any atom is -0.479 e. The average Bonchev–Trinajstić information content (AvgIpc) is 2.63. The molecule has 1 heterocycles. The molecule has 13 heavy (non-hydrogen) atoms. The van der Waals surface area contributed by atoms with Gasteiger partial charge in [-0.2, -0.15) is 0 Å². The predicted molar refractivity (Wildman–Crippen MR) is 56.2 cm³/mol. The summed E-state index contributed by atoms with van der Waals surface area (Å²) in [6.07, 6.45) is 9.26. The second kappa shape index (κ2) is 6.70. The number of nitrogens with zero attached hydrogens (tertiary/aromatic N) is 1. The number of allylic oxidation sites excluding steroid dienone is 1. The van der Waals surface area contributed by atoms with Crippen LogP contribution in [0.1, 0.15) is 38.5 Å². The van der Waals surface area contributed by atoms with Gasteiger partial charge < -0.3 is 4.74 Å². The summed E-state index contributed by atoms with van der Waals surface area (Å²) in [4.78, 5) is 4.25. The van der Waals surface area contributed by atoms with Crippen LogP contribution < -0.4 is 0 Å². The van der Waals surface area contributed by atoms with E-state index in [1.54, 1.807) is 0 Å². The first-order valence-corrected chi connectivity index (χ1v) is 5.20. The molecule has 0 unspecified atom stereocenters. The molecule has 74 valence electrons. The molecule has 0 fully saturated rings. The Bertz CT molecular complexity index is 175. The first kappa shape index (κ1) is 10.3. The number of ether oxygens (including phenoxy) is 1. The number of unbranched alkanes of at least 4 members (excludes halogenated alkanes) is 4. The molecule has 0 bridgehead atoms. The first-order chi connectivity index (χ1) is 6.43. The molecule has 0 spiro atoms. The molecule has 1 aliphatic heterocycles. The summed E-state index contributed by atoms with van der Waals surface area (Å²) in [6, 6.07) is 0. The van der Waals surface area contributed by atoms with Gasteiger partial charge in [0.2, 0.25) is 0 Å². The third-order valence-electron chi connectivity index (χ3n) is 2.20. The quantitative estimate of drug-likeness (QED) is 0.437. The van der Waals surface area contributed by atoms with Crippen LogP contribution in [-0.4, -0.2) is 19.0 Å². The summed E-state index contributed by atoms with van der Waals surface area (Å²) in [5.41, 5.74) is 0. The van der Waals surface area contributed by atoms with E-state index in [0.29, 0.717) is 0 Å².